The van der Waals surface area contributed by atoms with Crippen molar-refractivity contribution in [3.05, 3.63) is 43.7 Å². The molecule has 2 N–H and O–H groups in total. The first-order valence-electron chi connectivity index (χ1n) is 5.37. The number of nitrogens with zero attached hydrogens (tertiary/aromatic N) is 1. The molecule has 1 atom stereocenters. The van der Waals surface area contributed by atoms with Crippen molar-refractivity contribution in [3.8, 4) is 0 Å². The molecule has 2 rings (SSSR count). The fraction of sp³-hybridized carbons (Fsp3) is 0.333. The van der Waals surface area contributed by atoms with Crippen molar-refractivity contribution in [2.24, 2.45) is 5.73 Å². The lowest BCUT2D eigenvalue weighted by molar-refractivity contribution is 0.244. The van der Waals surface area contributed by atoms with E-state index in [-0.39, 0.29) is 6.04 Å². The molecule has 5 heteroatoms. The summed E-state index contributed by atoms with van der Waals surface area (Å²) in [6.07, 6.45) is 0. The molecule has 2 aromatic heterocycles. The molecule has 2 aromatic rings. The summed E-state index contributed by atoms with van der Waals surface area (Å²) in [6, 6.07) is 6.43. The lowest BCUT2D eigenvalue weighted by atomic mass is 10.1. The molecule has 0 spiro atoms. The van der Waals surface area contributed by atoms with Gasteiger partial charge in [-0.3, -0.25) is 4.90 Å². The van der Waals surface area contributed by atoms with Gasteiger partial charge >= 0.3 is 0 Å². The Balaban J connectivity index is 2.05. The Kier molecular flexibility index (Phi) is 4.59. The van der Waals surface area contributed by atoms with Gasteiger partial charge in [-0.05, 0) is 41.6 Å². The summed E-state index contributed by atoms with van der Waals surface area (Å²) < 4.78 is 0.841. The molecule has 92 valence electrons. The summed E-state index contributed by atoms with van der Waals surface area (Å²) in [6.45, 7) is 1.52. The van der Waals surface area contributed by atoms with E-state index in [9.17, 15) is 0 Å². The normalized spacial score (nSPS) is 13.2. The van der Waals surface area contributed by atoms with Crippen LogP contribution in [0.2, 0.25) is 4.34 Å². The van der Waals surface area contributed by atoms with Crippen LogP contribution in [0.4, 0.5) is 0 Å². The summed E-state index contributed by atoms with van der Waals surface area (Å²) in [5.74, 6) is 0. The molecule has 2 heterocycles. The predicted molar refractivity (Wildman–Crippen MR) is 76.9 cm³/mol. The van der Waals surface area contributed by atoms with Gasteiger partial charge in [-0.2, -0.15) is 11.3 Å². The van der Waals surface area contributed by atoms with Crippen LogP contribution in [0.15, 0.2) is 29.0 Å². The molecule has 0 amide bonds. The van der Waals surface area contributed by atoms with Crippen LogP contribution in [0.1, 0.15) is 16.5 Å². The predicted octanol–water partition coefficient (Wildman–Crippen LogP) is 3.59. The van der Waals surface area contributed by atoms with E-state index in [1.165, 1.54) is 10.4 Å². The Hall–Kier alpha value is -0.390. The summed E-state index contributed by atoms with van der Waals surface area (Å²) in [7, 11) is 2.10. The summed E-state index contributed by atoms with van der Waals surface area (Å²) in [5, 5.41) is 4.25. The molecule has 1 unspecified atom stereocenters. The van der Waals surface area contributed by atoms with Crippen LogP contribution < -0.4 is 5.73 Å². The van der Waals surface area contributed by atoms with Crippen LogP contribution in [-0.4, -0.2) is 18.5 Å². The highest BCUT2D eigenvalue weighted by molar-refractivity contribution is 7.16. The zero-order chi connectivity index (χ0) is 12.3. The largest absolute Gasteiger partial charge is 0.329 e. The molecule has 0 aliphatic rings. The second-order valence-electron chi connectivity index (χ2n) is 3.93. The van der Waals surface area contributed by atoms with Crippen LogP contribution in [0, 0.1) is 0 Å². The fourth-order valence-electron chi connectivity index (χ4n) is 1.83. The van der Waals surface area contributed by atoms with E-state index < -0.39 is 0 Å². The zero-order valence-corrected chi connectivity index (χ0v) is 12.0. The third kappa shape index (κ3) is 3.30. The summed E-state index contributed by atoms with van der Waals surface area (Å²) >= 11 is 9.27. The molecule has 0 saturated carbocycles. The first-order valence-corrected chi connectivity index (χ1v) is 7.51. The quantitative estimate of drug-likeness (QED) is 0.910. The minimum absolute atomic E-state index is 0.280. The van der Waals surface area contributed by atoms with Crippen molar-refractivity contribution in [1.82, 2.24) is 4.90 Å². The molecule has 0 fully saturated rings. The smallest absolute Gasteiger partial charge is 0.0931 e. The number of hydrogen-bond acceptors (Lipinski definition) is 4. The van der Waals surface area contributed by atoms with Crippen LogP contribution in [0.25, 0.3) is 0 Å². The number of halogens is 1. The van der Waals surface area contributed by atoms with E-state index in [0.717, 1.165) is 10.9 Å². The summed E-state index contributed by atoms with van der Waals surface area (Å²) in [5.41, 5.74) is 7.16. The highest BCUT2D eigenvalue weighted by Crippen LogP contribution is 2.26. The van der Waals surface area contributed by atoms with Gasteiger partial charge in [0.15, 0.2) is 0 Å². The fourth-order valence-corrected chi connectivity index (χ4v) is 3.69. The second kappa shape index (κ2) is 5.98. The van der Waals surface area contributed by atoms with Gasteiger partial charge in [0.05, 0.1) is 4.34 Å². The first kappa shape index (κ1) is 13.1. The van der Waals surface area contributed by atoms with Gasteiger partial charge in [-0.1, -0.05) is 11.6 Å². The van der Waals surface area contributed by atoms with E-state index in [0.29, 0.717) is 6.54 Å². The Morgan fingerprint density at radius 2 is 2.24 bits per heavy atom. The second-order valence-corrected chi connectivity index (χ2v) is 6.51. The first-order chi connectivity index (χ1) is 8.20. The monoisotopic (exact) mass is 286 g/mol. The molecule has 0 radical (unpaired) electrons. The Labute approximate surface area is 115 Å². The third-order valence-electron chi connectivity index (χ3n) is 2.72. The van der Waals surface area contributed by atoms with Crippen molar-refractivity contribution in [3.63, 3.8) is 0 Å². The molecule has 0 aliphatic carbocycles. The Morgan fingerprint density at radius 1 is 1.41 bits per heavy atom. The Bertz CT molecular complexity index is 453. The third-order valence-corrected chi connectivity index (χ3v) is 4.63. The van der Waals surface area contributed by atoms with Crippen molar-refractivity contribution >= 4 is 34.3 Å². The van der Waals surface area contributed by atoms with E-state index in [1.54, 1.807) is 22.7 Å². The van der Waals surface area contributed by atoms with E-state index in [4.69, 9.17) is 17.3 Å². The average Bonchev–Trinajstić information content (AvgIpc) is 2.92. The minimum atomic E-state index is 0.280. The topological polar surface area (TPSA) is 29.3 Å². The minimum Gasteiger partial charge on any atom is -0.329 e. The molecular weight excluding hydrogens is 272 g/mol. The number of hydrogen-bond donors (Lipinski definition) is 1. The molecule has 2 nitrogen and oxygen atoms in total. The van der Waals surface area contributed by atoms with Gasteiger partial charge in [-0.15, -0.1) is 11.3 Å². The standard InChI is InChI=1S/C12H15ClN2S2/c1-15(7-10-2-3-12(13)17-10)11(6-14)9-4-5-16-8-9/h2-5,8,11H,6-7,14H2,1H3. The molecule has 0 saturated heterocycles. The molecule has 17 heavy (non-hydrogen) atoms. The van der Waals surface area contributed by atoms with Crippen molar-refractivity contribution < 1.29 is 0 Å². The lowest BCUT2D eigenvalue weighted by Crippen LogP contribution is -2.29. The highest BCUT2D eigenvalue weighted by Gasteiger charge is 2.16. The SMILES string of the molecule is CN(Cc1ccc(Cl)s1)C(CN)c1ccsc1. The van der Waals surface area contributed by atoms with Gasteiger partial charge in [0.1, 0.15) is 0 Å². The van der Waals surface area contributed by atoms with Gasteiger partial charge in [0.25, 0.3) is 0 Å². The van der Waals surface area contributed by atoms with Gasteiger partial charge in [0, 0.05) is 24.0 Å². The van der Waals surface area contributed by atoms with Gasteiger partial charge in [0.2, 0.25) is 0 Å². The van der Waals surface area contributed by atoms with Crippen molar-refractivity contribution in [2.75, 3.05) is 13.6 Å². The van der Waals surface area contributed by atoms with Crippen molar-refractivity contribution in [2.45, 2.75) is 12.6 Å². The summed E-state index contributed by atoms with van der Waals surface area (Å²) in [4.78, 5) is 3.54. The zero-order valence-electron chi connectivity index (χ0n) is 9.60. The maximum Gasteiger partial charge on any atom is 0.0931 e. The number of nitrogens with two attached hydrogens (primary N) is 1. The Morgan fingerprint density at radius 3 is 2.76 bits per heavy atom. The van der Waals surface area contributed by atoms with Crippen LogP contribution >= 0.6 is 34.3 Å². The maximum absolute atomic E-state index is 5.93. The average molecular weight is 287 g/mol. The van der Waals surface area contributed by atoms with Crippen molar-refractivity contribution in [1.29, 1.82) is 0 Å². The molecule has 0 aromatic carbocycles. The van der Waals surface area contributed by atoms with E-state index >= 15 is 0 Å². The molecular formula is C12H15ClN2S2. The lowest BCUT2D eigenvalue weighted by Gasteiger charge is -2.25. The van der Waals surface area contributed by atoms with Crippen LogP contribution in [-0.2, 0) is 6.54 Å². The van der Waals surface area contributed by atoms with E-state index in [1.807, 2.05) is 6.07 Å². The molecule has 0 bridgehead atoms. The maximum atomic E-state index is 5.93. The number of thiophene rings is 2. The van der Waals surface area contributed by atoms with Gasteiger partial charge in [-0.25, -0.2) is 0 Å². The highest BCUT2D eigenvalue weighted by atomic mass is 35.5. The van der Waals surface area contributed by atoms with E-state index in [2.05, 4.69) is 34.8 Å². The van der Waals surface area contributed by atoms with Crippen LogP contribution in [0.3, 0.4) is 0 Å². The number of rotatable bonds is 5. The van der Waals surface area contributed by atoms with Gasteiger partial charge < -0.3 is 5.73 Å². The van der Waals surface area contributed by atoms with Crippen LogP contribution in [0.5, 0.6) is 0 Å². The molecule has 0 aliphatic heterocycles. The number of likely N-dealkylation sites (N-methyl/N-ethyl adjacent to an activating group) is 1.